The van der Waals surface area contributed by atoms with Crippen LogP contribution in [0, 0.1) is 10.1 Å². The summed E-state index contributed by atoms with van der Waals surface area (Å²) in [5.74, 6) is -1.11. The second kappa shape index (κ2) is 4.67. The number of hydrogen-bond acceptors (Lipinski definition) is 3. The van der Waals surface area contributed by atoms with Crippen LogP contribution in [-0.2, 0) is 0 Å². The summed E-state index contributed by atoms with van der Waals surface area (Å²) in [6, 6.07) is 12.4. The first-order valence-corrected chi connectivity index (χ1v) is 5.17. The second-order valence-corrected chi connectivity index (χ2v) is 3.66. The first-order chi connectivity index (χ1) is 8.59. The fourth-order valence-corrected chi connectivity index (χ4v) is 1.69. The van der Waals surface area contributed by atoms with E-state index in [0.29, 0.717) is 11.1 Å². The predicted octanol–water partition coefficient (Wildman–Crippen LogP) is 2.96. The average molecular weight is 243 g/mol. The van der Waals surface area contributed by atoms with Crippen LogP contribution in [0.1, 0.15) is 10.4 Å². The Hall–Kier alpha value is -2.69. The maximum Gasteiger partial charge on any atom is 0.336 e. The summed E-state index contributed by atoms with van der Waals surface area (Å²) < 4.78 is 0. The van der Waals surface area contributed by atoms with E-state index in [1.807, 2.05) is 0 Å². The minimum absolute atomic E-state index is 0.0480. The minimum Gasteiger partial charge on any atom is -0.478 e. The molecule has 0 aliphatic rings. The normalized spacial score (nSPS) is 10.0. The van der Waals surface area contributed by atoms with Crippen molar-refractivity contribution in [1.82, 2.24) is 0 Å². The zero-order chi connectivity index (χ0) is 13.1. The van der Waals surface area contributed by atoms with E-state index in [9.17, 15) is 14.9 Å². The van der Waals surface area contributed by atoms with Gasteiger partial charge in [-0.15, -0.1) is 0 Å². The number of aromatic carboxylic acids is 1. The molecular weight excluding hydrogens is 234 g/mol. The third-order valence-electron chi connectivity index (χ3n) is 2.53. The van der Waals surface area contributed by atoms with Crippen LogP contribution in [0.4, 0.5) is 5.69 Å². The number of nitro benzene ring substituents is 1. The number of non-ortho nitro benzene ring substituents is 1. The first kappa shape index (κ1) is 11.8. The quantitative estimate of drug-likeness (QED) is 0.663. The van der Waals surface area contributed by atoms with Gasteiger partial charge in [0.2, 0.25) is 0 Å². The Bertz CT molecular complexity index is 608. The van der Waals surface area contributed by atoms with E-state index in [0.717, 1.165) is 0 Å². The van der Waals surface area contributed by atoms with Crippen LogP contribution in [0.25, 0.3) is 11.1 Å². The monoisotopic (exact) mass is 243 g/mol. The summed E-state index contributed by atoms with van der Waals surface area (Å²) in [4.78, 5) is 21.3. The number of nitro groups is 1. The van der Waals surface area contributed by atoms with E-state index in [1.165, 1.54) is 18.2 Å². The second-order valence-electron chi connectivity index (χ2n) is 3.66. The van der Waals surface area contributed by atoms with Crippen molar-refractivity contribution in [1.29, 1.82) is 0 Å². The van der Waals surface area contributed by atoms with Gasteiger partial charge in [0.05, 0.1) is 10.5 Å². The number of carbonyl (C=O) groups is 1. The topological polar surface area (TPSA) is 80.4 Å². The average Bonchev–Trinajstić information content (AvgIpc) is 2.39. The molecule has 90 valence electrons. The molecule has 0 saturated heterocycles. The van der Waals surface area contributed by atoms with Crippen molar-refractivity contribution in [2.24, 2.45) is 0 Å². The highest BCUT2D eigenvalue weighted by atomic mass is 16.6. The number of carboxylic acids is 1. The highest BCUT2D eigenvalue weighted by Gasteiger charge is 2.16. The highest BCUT2D eigenvalue weighted by molar-refractivity contribution is 5.96. The van der Waals surface area contributed by atoms with Crippen molar-refractivity contribution in [3.05, 3.63) is 64.2 Å². The van der Waals surface area contributed by atoms with Gasteiger partial charge in [-0.2, -0.15) is 0 Å². The molecule has 0 unspecified atom stereocenters. The van der Waals surface area contributed by atoms with Gasteiger partial charge in [0.15, 0.2) is 0 Å². The van der Waals surface area contributed by atoms with Crippen molar-refractivity contribution in [2.75, 3.05) is 0 Å². The van der Waals surface area contributed by atoms with E-state index in [4.69, 9.17) is 5.11 Å². The minimum atomic E-state index is -1.11. The predicted molar refractivity (Wildman–Crippen MR) is 65.5 cm³/mol. The number of carboxylic acid groups (broad SMARTS) is 1. The lowest BCUT2D eigenvalue weighted by molar-refractivity contribution is -0.384. The molecule has 1 N–H and O–H groups in total. The third-order valence-corrected chi connectivity index (χ3v) is 2.53. The van der Waals surface area contributed by atoms with Crippen molar-refractivity contribution in [3.8, 4) is 11.1 Å². The maximum absolute atomic E-state index is 11.1. The van der Waals surface area contributed by atoms with E-state index in [1.54, 1.807) is 30.3 Å². The van der Waals surface area contributed by atoms with Gasteiger partial charge in [-0.25, -0.2) is 4.79 Å². The third kappa shape index (κ3) is 2.20. The fraction of sp³-hybridized carbons (Fsp3) is 0. The van der Waals surface area contributed by atoms with Gasteiger partial charge in [0.1, 0.15) is 0 Å². The van der Waals surface area contributed by atoms with Crippen LogP contribution >= 0.6 is 0 Å². The molecule has 0 radical (unpaired) electrons. The van der Waals surface area contributed by atoms with Crippen molar-refractivity contribution in [3.63, 3.8) is 0 Å². The molecule has 0 fully saturated rings. The molecule has 0 amide bonds. The summed E-state index contributed by atoms with van der Waals surface area (Å²) in [5.41, 5.74) is 0.904. The van der Waals surface area contributed by atoms with Gasteiger partial charge in [-0.1, -0.05) is 30.3 Å². The van der Waals surface area contributed by atoms with Crippen molar-refractivity contribution in [2.45, 2.75) is 0 Å². The highest BCUT2D eigenvalue weighted by Crippen LogP contribution is 2.27. The van der Waals surface area contributed by atoms with Crippen LogP contribution in [0.2, 0.25) is 0 Å². The summed E-state index contributed by atoms with van der Waals surface area (Å²) in [6.07, 6.45) is 0. The van der Waals surface area contributed by atoms with Crippen molar-refractivity contribution >= 4 is 11.7 Å². The molecule has 5 nitrogen and oxygen atoms in total. The number of nitrogens with zero attached hydrogens (tertiary/aromatic N) is 1. The molecule has 2 aromatic rings. The Morgan fingerprint density at radius 1 is 1.11 bits per heavy atom. The smallest absolute Gasteiger partial charge is 0.336 e. The van der Waals surface area contributed by atoms with Crippen LogP contribution in [0.5, 0.6) is 0 Å². The maximum atomic E-state index is 11.1. The Labute approximate surface area is 102 Å². The molecular formula is C13H9NO4. The fourth-order valence-electron chi connectivity index (χ4n) is 1.69. The molecule has 0 aliphatic heterocycles. The van der Waals surface area contributed by atoms with Gasteiger partial charge in [0.25, 0.3) is 5.69 Å². The standard InChI is InChI=1S/C13H9NO4/c15-13(16)11-7-6-10(14(17)18)8-12(11)9-4-2-1-3-5-9/h1-8H,(H,15,16). The lowest BCUT2D eigenvalue weighted by Crippen LogP contribution is -2.00. The Balaban J connectivity index is 2.65. The van der Waals surface area contributed by atoms with Gasteiger partial charge in [-0.3, -0.25) is 10.1 Å². The van der Waals surface area contributed by atoms with Crippen LogP contribution < -0.4 is 0 Å². The summed E-state index contributed by atoms with van der Waals surface area (Å²) in [5, 5.41) is 19.8. The van der Waals surface area contributed by atoms with E-state index >= 15 is 0 Å². The van der Waals surface area contributed by atoms with Crippen LogP contribution in [0.3, 0.4) is 0 Å². The molecule has 0 aliphatic carbocycles. The van der Waals surface area contributed by atoms with Crippen LogP contribution in [-0.4, -0.2) is 16.0 Å². The molecule has 0 atom stereocenters. The lowest BCUT2D eigenvalue weighted by atomic mass is 9.99. The summed E-state index contributed by atoms with van der Waals surface area (Å²) in [7, 11) is 0. The Morgan fingerprint density at radius 2 is 1.78 bits per heavy atom. The number of benzene rings is 2. The molecule has 0 saturated carbocycles. The van der Waals surface area contributed by atoms with Crippen molar-refractivity contribution < 1.29 is 14.8 Å². The molecule has 2 aromatic carbocycles. The molecule has 18 heavy (non-hydrogen) atoms. The van der Waals surface area contributed by atoms with Gasteiger partial charge in [0, 0.05) is 17.7 Å². The Kier molecular flexibility index (Phi) is 3.05. The summed E-state index contributed by atoms with van der Waals surface area (Å²) in [6.45, 7) is 0. The number of rotatable bonds is 3. The van der Waals surface area contributed by atoms with Gasteiger partial charge in [-0.05, 0) is 11.6 Å². The molecule has 2 rings (SSSR count). The molecule has 0 bridgehead atoms. The molecule has 0 heterocycles. The zero-order valence-electron chi connectivity index (χ0n) is 9.24. The van der Waals surface area contributed by atoms with Gasteiger partial charge < -0.3 is 5.11 Å². The lowest BCUT2D eigenvalue weighted by Gasteiger charge is -2.05. The van der Waals surface area contributed by atoms with Gasteiger partial charge >= 0.3 is 5.97 Å². The molecule has 0 spiro atoms. The first-order valence-electron chi connectivity index (χ1n) is 5.17. The number of hydrogen-bond donors (Lipinski definition) is 1. The molecule has 5 heteroatoms. The summed E-state index contributed by atoms with van der Waals surface area (Å²) >= 11 is 0. The molecule has 0 aromatic heterocycles. The largest absolute Gasteiger partial charge is 0.478 e. The SMILES string of the molecule is O=C(O)c1ccc([N+](=O)[O-])cc1-c1ccccc1. The van der Waals surface area contributed by atoms with E-state index < -0.39 is 10.9 Å². The van der Waals surface area contributed by atoms with E-state index in [-0.39, 0.29) is 11.3 Å². The van der Waals surface area contributed by atoms with E-state index in [2.05, 4.69) is 0 Å². The zero-order valence-corrected chi connectivity index (χ0v) is 9.24. The Morgan fingerprint density at radius 3 is 2.33 bits per heavy atom. The van der Waals surface area contributed by atoms with Crippen LogP contribution in [0.15, 0.2) is 48.5 Å².